The first-order valence-corrected chi connectivity index (χ1v) is 6.28. The standard InChI is InChI=1S/C13H18N2O2/c1-9-5-11(10-3-2-4-10)15-12(14-9)13(6-16)7-17-8-13/h5,10,16H,2-4,6-8H2,1H3. The lowest BCUT2D eigenvalue weighted by Crippen LogP contribution is -2.51. The average molecular weight is 234 g/mol. The van der Waals surface area contributed by atoms with Crippen molar-refractivity contribution in [2.45, 2.75) is 37.5 Å². The summed E-state index contributed by atoms with van der Waals surface area (Å²) in [7, 11) is 0. The Morgan fingerprint density at radius 2 is 2.18 bits per heavy atom. The van der Waals surface area contributed by atoms with Crippen molar-refractivity contribution in [2.75, 3.05) is 19.8 Å². The quantitative estimate of drug-likeness (QED) is 0.856. The minimum absolute atomic E-state index is 0.0700. The summed E-state index contributed by atoms with van der Waals surface area (Å²) in [4.78, 5) is 9.16. The Hall–Kier alpha value is -1.00. The predicted molar refractivity (Wildman–Crippen MR) is 62.9 cm³/mol. The highest BCUT2D eigenvalue weighted by Gasteiger charge is 2.43. The minimum atomic E-state index is -0.343. The smallest absolute Gasteiger partial charge is 0.141 e. The highest BCUT2D eigenvalue weighted by Crippen LogP contribution is 2.37. The summed E-state index contributed by atoms with van der Waals surface area (Å²) in [6, 6.07) is 2.08. The molecule has 1 aromatic rings. The maximum absolute atomic E-state index is 9.52. The first-order valence-electron chi connectivity index (χ1n) is 6.28. The Labute approximate surface area is 101 Å². The minimum Gasteiger partial charge on any atom is -0.395 e. The van der Waals surface area contributed by atoms with Crippen molar-refractivity contribution in [1.82, 2.24) is 9.97 Å². The molecular formula is C13H18N2O2. The maximum atomic E-state index is 9.52. The van der Waals surface area contributed by atoms with Gasteiger partial charge in [0.2, 0.25) is 0 Å². The zero-order chi connectivity index (χ0) is 11.9. The summed E-state index contributed by atoms with van der Waals surface area (Å²) in [5.41, 5.74) is 1.81. The number of ether oxygens (including phenoxy) is 1. The Bertz CT molecular complexity index is 420. The van der Waals surface area contributed by atoms with Crippen molar-refractivity contribution >= 4 is 0 Å². The first-order chi connectivity index (χ1) is 8.23. The topological polar surface area (TPSA) is 55.2 Å². The number of hydrogen-bond acceptors (Lipinski definition) is 4. The molecule has 3 rings (SSSR count). The fourth-order valence-corrected chi connectivity index (χ4v) is 2.38. The van der Waals surface area contributed by atoms with Gasteiger partial charge in [-0.15, -0.1) is 0 Å². The van der Waals surface area contributed by atoms with Crippen LogP contribution in [0.3, 0.4) is 0 Å². The summed E-state index contributed by atoms with van der Waals surface area (Å²) in [5, 5.41) is 9.52. The largest absolute Gasteiger partial charge is 0.395 e. The summed E-state index contributed by atoms with van der Waals surface area (Å²) < 4.78 is 5.22. The number of aliphatic hydroxyl groups excluding tert-OH is 1. The van der Waals surface area contributed by atoms with E-state index in [1.54, 1.807) is 0 Å². The molecule has 1 aliphatic carbocycles. The fraction of sp³-hybridized carbons (Fsp3) is 0.692. The van der Waals surface area contributed by atoms with Gasteiger partial charge in [-0.3, -0.25) is 0 Å². The highest BCUT2D eigenvalue weighted by atomic mass is 16.5. The summed E-state index contributed by atoms with van der Waals surface area (Å²) in [5.74, 6) is 1.38. The fourth-order valence-electron chi connectivity index (χ4n) is 2.38. The zero-order valence-electron chi connectivity index (χ0n) is 10.1. The lowest BCUT2D eigenvalue weighted by molar-refractivity contribution is -0.0886. The van der Waals surface area contributed by atoms with Crippen molar-refractivity contribution < 1.29 is 9.84 Å². The Kier molecular flexibility index (Phi) is 2.64. The molecule has 1 saturated carbocycles. The molecule has 1 N–H and O–H groups in total. The van der Waals surface area contributed by atoms with E-state index in [0.29, 0.717) is 19.1 Å². The molecule has 92 valence electrons. The van der Waals surface area contributed by atoms with Gasteiger partial charge < -0.3 is 9.84 Å². The summed E-state index contributed by atoms with van der Waals surface area (Å²) >= 11 is 0. The van der Waals surface area contributed by atoms with Crippen LogP contribution in [-0.2, 0) is 10.2 Å². The monoisotopic (exact) mass is 234 g/mol. The van der Waals surface area contributed by atoms with Gasteiger partial charge in [-0.05, 0) is 25.8 Å². The van der Waals surface area contributed by atoms with Gasteiger partial charge in [-0.2, -0.15) is 0 Å². The summed E-state index contributed by atoms with van der Waals surface area (Å²) in [6.45, 7) is 3.15. The van der Waals surface area contributed by atoms with Crippen LogP contribution >= 0.6 is 0 Å². The highest BCUT2D eigenvalue weighted by molar-refractivity contribution is 5.22. The first kappa shape index (κ1) is 11.1. The van der Waals surface area contributed by atoms with Gasteiger partial charge in [0.15, 0.2) is 0 Å². The van der Waals surface area contributed by atoms with Crippen LogP contribution in [-0.4, -0.2) is 34.9 Å². The molecule has 0 amide bonds. The third-order valence-electron chi connectivity index (χ3n) is 3.93. The van der Waals surface area contributed by atoms with E-state index in [1.807, 2.05) is 6.92 Å². The molecule has 0 radical (unpaired) electrons. The Morgan fingerprint density at radius 3 is 2.65 bits per heavy atom. The molecule has 4 heteroatoms. The molecular weight excluding hydrogens is 216 g/mol. The van der Waals surface area contributed by atoms with Crippen LogP contribution in [0, 0.1) is 6.92 Å². The van der Waals surface area contributed by atoms with E-state index in [9.17, 15) is 5.11 Å². The van der Waals surface area contributed by atoms with Crippen molar-refractivity contribution in [3.05, 3.63) is 23.3 Å². The summed E-state index contributed by atoms with van der Waals surface area (Å²) in [6.07, 6.45) is 3.77. The molecule has 1 aromatic heterocycles. The number of hydrogen-bond donors (Lipinski definition) is 1. The molecule has 2 fully saturated rings. The van der Waals surface area contributed by atoms with Crippen molar-refractivity contribution in [3.63, 3.8) is 0 Å². The van der Waals surface area contributed by atoms with Gasteiger partial charge in [0, 0.05) is 17.3 Å². The van der Waals surface area contributed by atoms with Gasteiger partial charge in [0.25, 0.3) is 0 Å². The second kappa shape index (κ2) is 4.03. The van der Waals surface area contributed by atoms with Gasteiger partial charge in [0.05, 0.1) is 25.2 Å². The second-order valence-electron chi connectivity index (χ2n) is 5.32. The van der Waals surface area contributed by atoms with E-state index in [2.05, 4.69) is 16.0 Å². The van der Waals surface area contributed by atoms with Crippen molar-refractivity contribution in [3.8, 4) is 0 Å². The van der Waals surface area contributed by atoms with Crippen LogP contribution in [0.2, 0.25) is 0 Å². The molecule has 0 unspecified atom stereocenters. The number of aryl methyl sites for hydroxylation is 1. The van der Waals surface area contributed by atoms with E-state index in [0.717, 1.165) is 17.2 Å². The van der Waals surface area contributed by atoms with E-state index in [1.165, 1.54) is 19.3 Å². The lowest BCUT2D eigenvalue weighted by atomic mass is 9.81. The van der Waals surface area contributed by atoms with Gasteiger partial charge in [-0.25, -0.2) is 9.97 Å². The van der Waals surface area contributed by atoms with E-state index in [4.69, 9.17) is 4.74 Å². The molecule has 2 heterocycles. The molecule has 0 bridgehead atoms. The van der Waals surface area contributed by atoms with Crippen molar-refractivity contribution in [1.29, 1.82) is 0 Å². The Balaban J connectivity index is 1.95. The molecule has 4 nitrogen and oxygen atoms in total. The van der Waals surface area contributed by atoms with Gasteiger partial charge >= 0.3 is 0 Å². The van der Waals surface area contributed by atoms with Crippen LogP contribution in [0.25, 0.3) is 0 Å². The normalized spacial score (nSPS) is 22.9. The second-order valence-corrected chi connectivity index (χ2v) is 5.32. The Morgan fingerprint density at radius 1 is 1.41 bits per heavy atom. The number of aromatic nitrogens is 2. The van der Waals surface area contributed by atoms with Crippen LogP contribution < -0.4 is 0 Å². The van der Waals surface area contributed by atoms with Gasteiger partial charge in [-0.1, -0.05) is 6.42 Å². The third-order valence-corrected chi connectivity index (χ3v) is 3.93. The van der Waals surface area contributed by atoms with Crippen LogP contribution in [0.15, 0.2) is 6.07 Å². The maximum Gasteiger partial charge on any atom is 0.141 e. The van der Waals surface area contributed by atoms with Crippen LogP contribution in [0.5, 0.6) is 0 Å². The molecule has 0 spiro atoms. The van der Waals surface area contributed by atoms with E-state index >= 15 is 0 Å². The average Bonchev–Trinajstić information content (AvgIpc) is 2.13. The third kappa shape index (κ3) is 1.76. The van der Waals surface area contributed by atoms with E-state index in [-0.39, 0.29) is 12.0 Å². The number of aliphatic hydroxyl groups is 1. The zero-order valence-corrected chi connectivity index (χ0v) is 10.1. The van der Waals surface area contributed by atoms with Crippen LogP contribution in [0.1, 0.15) is 42.4 Å². The number of nitrogens with zero attached hydrogens (tertiary/aromatic N) is 2. The van der Waals surface area contributed by atoms with Gasteiger partial charge in [0.1, 0.15) is 5.82 Å². The molecule has 0 aromatic carbocycles. The lowest BCUT2D eigenvalue weighted by Gasteiger charge is -2.39. The SMILES string of the molecule is Cc1cc(C2CCC2)nc(C2(CO)COC2)n1. The molecule has 1 aliphatic heterocycles. The van der Waals surface area contributed by atoms with Crippen LogP contribution in [0.4, 0.5) is 0 Å². The molecule has 2 aliphatic rings. The van der Waals surface area contributed by atoms with E-state index < -0.39 is 0 Å². The molecule has 17 heavy (non-hydrogen) atoms. The predicted octanol–water partition coefficient (Wildman–Crippen LogP) is 1.31. The molecule has 0 atom stereocenters. The van der Waals surface area contributed by atoms with Crippen molar-refractivity contribution in [2.24, 2.45) is 0 Å². The molecule has 1 saturated heterocycles. The number of rotatable bonds is 3.